The third kappa shape index (κ3) is 3.39. The van der Waals surface area contributed by atoms with E-state index in [2.05, 4.69) is 20.7 Å². The van der Waals surface area contributed by atoms with E-state index >= 15 is 0 Å². The highest BCUT2D eigenvalue weighted by Gasteiger charge is 2.35. The van der Waals surface area contributed by atoms with Gasteiger partial charge in [0.15, 0.2) is 11.6 Å². The highest BCUT2D eigenvalue weighted by molar-refractivity contribution is 6.01. The monoisotopic (exact) mass is 375 g/mol. The van der Waals surface area contributed by atoms with Crippen LogP contribution in [0.15, 0.2) is 54.6 Å². The van der Waals surface area contributed by atoms with Gasteiger partial charge in [0.2, 0.25) is 11.9 Å². The fraction of sp³-hybridized carbons (Fsp3) is 0.150. The van der Waals surface area contributed by atoms with E-state index in [1.54, 1.807) is 24.3 Å². The Bertz CT molecular complexity index is 1060. The first-order valence-electron chi connectivity index (χ1n) is 8.75. The molecule has 28 heavy (non-hydrogen) atoms. The molecule has 1 aromatic heterocycles. The number of Topliss-reactive ketones (excluding diaryl/α,β-unsaturated/α-hetero) is 1. The standard InChI is InChI=1S/C20H17N5O3/c1-12(26)13-7-9-15(10-8-13)21-17(27)11-16-19(28)23-20-22-18(24-25(16)20)14-5-3-2-4-6-14/h2-10,16H,11H2,1H3,(H,21,27)(H,22,23,24,28). The molecule has 2 amide bonds. The van der Waals surface area contributed by atoms with E-state index in [0.29, 0.717) is 23.0 Å². The molecule has 0 fully saturated rings. The molecule has 0 saturated heterocycles. The van der Waals surface area contributed by atoms with Crippen molar-refractivity contribution in [1.82, 2.24) is 14.8 Å². The Morgan fingerprint density at radius 1 is 1.11 bits per heavy atom. The number of benzene rings is 2. The van der Waals surface area contributed by atoms with Crippen molar-refractivity contribution in [3.63, 3.8) is 0 Å². The van der Waals surface area contributed by atoms with Gasteiger partial charge in [-0.1, -0.05) is 30.3 Å². The van der Waals surface area contributed by atoms with Gasteiger partial charge in [0.05, 0.1) is 6.42 Å². The van der Waals surface area contributed by atoms with Crippen LogP contribution in [-0.2, 0) is 9.59 Å². The molecule has 1 aliphatic heterocycles. The van der Waals surface area contributed by atoms with E-state index in [4.69, 9.17) is 0 Å². The molecule has 1 aliphatic rings. The Labute approximate surface area is 160 Å². The van der Waals surface area contributed by atoms with E-state index in [9.17, 15) is 14.4 Å². The van der Waals surface area contributed by atoms with Crippen LogP contribution in [0.25, 0.3) is 11.4 Å². The Balaban J connectivity index is 1.48. The third-order valence-corrected chi connectivity index (χ3v) is 4.45. The molecule has 2 aromatic carbocycles. The van der Waals surface area contributed by atoms with Crippen LogP contribution in [0, 0.1) is 0 Å². The van der Waals surface area contributed by atoms with E-state index < -0.39 is 6.04 Å². The van der Waals surface area contributed by atoms with E-state index in [0.717, 1.165) is 5.56 Å². The van der Waals surface area contributed by atoms with Crippen LogP contribution < -0.4 is 10.6 Å². The molecule has 0 radical (unpaired) electrons. The predicted octanol–water partition coefficient (Wildman–Crippen LogP) is 2.67. The lowest BCUT2D eigenvalue weighted by Crippen LogP contribution is -2.23. The molecule has 3 aromatic rings. The maximum atomic E-state index is 12.4. The van der Waals surface area contributed by atoms with Crippen LogP contribution in [0.4, 0.5) is 11.6 Å². The van der Waals surface area contributed by atoms with Crippen LogP contribution >= 0.6 is 0 Å². The molecule has 0 saturated carbocycles. The second-order valence-electron chi connectivity index (χ2n) is 6.46. The SMILES string of the molecule is CC(=O)c1ccc(NC(=O)CC2C(=O)Nc3nc(-c4ccccc4)nn32)cc1. The van der Waals surface area contributed by atoms with Crippen LogP contribution in [0.2, 0.25) is 0 Å². The molecular weight excluding hydrogens is 358 g/mol. The number of hydrogen-bond donors (Lipinski definition) is 2. The lowest BCUT2D eigenvalue weighted by molar-refractivity contribution is -0.123. The number of hydrogen-bond acceptors (Lipinski definition) is 5. The van der Waals surface area contributed by atoms with Crippen LogP contribution in [0.5, 0.6) is 0 Å². The minimum Gasteiger partial charge on any atom is -0.326 e. The topological polar surface area (TPSA) is 106 Å². The first kappa shape index (κ1) is 17.6. The molecule has 140 valence electrons. The first-order valence-corrected chi connectivity index (χ1v) is 8.75. The number of nitrogens with zero attached hydrogens (tertiary/aromatic N) is 3. The molecule has 8 nitrogen and oxygen atoms in total. The normalized spacial score (nSPS) is 15.0. The summed E-state index contributed by atoms with van der Waals surface area (Å²) in [4.78, 5) is 40.3. The molecule has 4 rings (SSSR count). The molecule has 1 unspecified atom stereocenters. The summed E-state index contributed by atoms with van der Waals surface area (Å²) in [7, 11) is 0. The number of carbonyl (C=O) groups is 3. The van der Waals surface area contributed by atoms with Crippen LogP contribution in [-0.4, -0.2) is 32.4 Å². The summed E-state index contributed by atoms with van der Waals surface area (Å²) in [6.07, 6.45) is -0.0785. The van der Waals surface area contributed by atoms with Gasteiger partial charge in [-0.2, -0.15) is 4.98 Å². The summed E-state index contributed by atoms with van der Waals surface area (Å²) in [6.45, 7) is 1.48. The fourth-order valence-corrected chi connectivity index (χ4v) is 2.99. The number of aromatic nitrogens is 3. The largest absolute Gasteiger partial charge is 0.326 e. The Morgan fingerprint density at radius 2 is 1.82 bits per heavy atom. The zero-order valence-corrected chi connectivity index (χ0v) is 15.0. The Morgan fingerprint density at radius 3 is 2.50 bits per heavy atom. The summed E-state index contributed by atoms with van der Waals surface area (Å²) >= 11 is 0. The van der Waals surface area contributed by atoms with Crippen LogP contribution in [0.1, 0.15) is 29.7 Å². The molecule has 0 spiro atoms. The Hall–Kier alpha value is -3.81. The van der Waals surface area contributed by atoms with Gasteiger partial charge in [-0.05, 0) is 31.2 Å². The van der Waals surface area contributed by atoms with Crippen molar-refractivity contribution in [2.24, 2.45) is 0 Å². The zero-order valence-electron chi connectivity index (χ0n) is 15.0. The third-order valence-electron chi connectivity index (χ3n) is 4.45. The summed E-state index contributed by atoms with van der Waals surface area (Å²) in [5.74, 6) is 0.110. The number of nitrogens with one attached hydrogen (secondary N) is 2. The van der Waals surface area contributed by atoms with Gasteiger partial charge < -0.3 is 5.32 Å². The van der Waals surface area contributed by atoms with E-state index in [1.807, 2.05) is 30.3 Å². The zero-order chi connectivity index (χ0) is 19.7. The van der Waals surface area contributed by atoms with Crippen molar-refractivity contribution in [3.05, 3.63) is 60.2 Å². The van der Waals surface area contributed by atoms with Crippen molar-refractivity contribution in [2.45, 2.75) is 19.4 Å². The summed E-state index contributed by atoms with van der Waals surface area (Å²) in [5, 5.41) is 9.78. The molecular formula is C20H17N5O3. The number of ketones is 1. The van der Waals surface area contributed by atoms with Gasteiger partial charge in [-0.3, -0.25) is 19.7 Å². The Kier molecular flexibility index (Phi) is 4.44. The predicted molar refractivity (Wildman–Crippen MR) is 103 cm³/mol. The van der Waals surface area contributed by atoms with Gasteiger partial charge >= 0.3 is 0 Å². The maximum absolute atomic E-state index is 12.4. The average molecular weight is 375 g/mol. The number of amides is 2. The number of rotatable bonds is 5. The molecule has 8 heteroatoms. The number of anilines is 2. The minimum absolute atomic E-state index is 0.0477. The minimum atomic E-state index is -0.767. The maximum Gasteiger partial charge on any atom is 0.252 e. The summed E-state index contributed by atoms with van der Waals surface area (Å²) < 4.78 is 1.45. The fourth-order valence-electron chi connectivity index (χ4n) is 2.99. The van der Waals surface area contributed by atoms with Gasteiger partial charge in [0, 0.05) is 16.8 Å². The lowest BCUT2D eigenvalue weighted by Gasteiger charge is -2.10. The molecule has 0 aliphatic carbocycles. The second-order valence-corrected chi connectivity index (χ2v) is 6.46. The molecule has 2 heterocycles. The van der Waals surface area contributed by atoms with E-state index in [1.165, 1.54) is 11.6 Å². The summed E-state index contributed by atoms with van der Waals surface area (Å²) in [5.41, 5.74) is 1.94. The van der Waals surface area contributed by atoms with Crippen molar-refractivity contribution in [3.8, 4) is 11.4 Å². The first-order chi connectivity index (χ1) is 13.5. The van der Waals surface area contributed by atoms with Crippen molar-refractivity contribution in [1.29, 1.82) is 0 Å². The van der Waals surface area contributed by atoms with Crippen molar-refractivity contribution < 1.29 is 14.4 Å². The van der Waals surface area contributed by atoms with Crippen LogP contribution in [0.3, 0.4) is 0 Å². The van der Waals surface area contributed by atoms with E-state index in [-0.39, 0.29) is 24.0 Å². The highest BCUT2D eigenvalue weighted by Crippen LogP contribution is 2.28. The average Bonchev–Trinajstić information content (AvgIpc) is 3.22. The second kappa shape index (κ2) is 7.07. The van der Waals surface area contributed by atoms with Gasteiger partial charge in [-0.25, -0.2) is 4.68 Å². The summed E-state index contributed by atoms with van der Waals surface area (Å²) in [6, 6.07) is 15.2. The smallest absolute Gasteiger partial charge is 0.252 e. The lowest BCUT2D eigenvalue weighted by atomic mass is 10.1. The highest BCUT2D eigenvalue weighted by atomic mass is 16.2. The van der Waals surface area contributed by atoms with Crippen molar-refractivity contribution in [2.75, 3.05) is 10.6 Å². The molecule has 1 atom stereocenters. The van der Waals surface area contributed by atoms with Gasteiger partial charge in [0.25, 0.3) is 5.91 Å². The quantitative estimate of drug-likeness (QED) is 0.667. The molecule has 2 N–H and O–H groups in total. The molecule has 0 bridgehead atoms. The number of carbonyl (C=O) groups excluding carboxylic acids is 3. The van der Waals surface area contributed by atoms with Gasteiger partial charge in [0.1, 0.15) is 6.04 Å². The van der Waals surface area contributed by atoms with Gasteiger partial charge in [-0.15, -0.1) is 5.10 Å². The van der Waals surface area contributed by atoms with Crippen molar-refractivity contribution >= 4 is 29.2 Å². The number of fused-ring (bicyclic) bond motifs is 1.